The van der Waals surface area contributed by atoms with E-state index < -0.39 is 0 Å². The van der Waals surface area contributed by atoms with E-state index in [2.05, 4.69) is 40.4 Å². The second kappa shape index (κ2) is 10.0. The predicted molar refractivity (Wildman–Crippen MR) is 142 cm³/mol. The molecule has 1 amide bonds. The Labute approximate surface area is 212 Å². The van der Waals surface area contributed by atoms with Gasteiger partial charge in [-0.05, 0) is 75.4 Å². The molecule has 0 radical (unpaired) electrons. The molecule has 2 aliphatic heterocycles. The zero-order valence-corrected chi connectivity index (χ0v) is 21.6. The molecule has 1 aromatic heterocycles. The third kappa shape index (κ3) is 5.09. The molecule has 0 saturated carbocycles. The van der Waals surface area contributed by atoms with Crippen molar-refractivity contribution in [3.63, 3.8) is 0 Å². The minimum absolute atomic E-state index is 0.114. The third-order valence-electron chi connectivity index (χ3n) is 7.52. The molecule has 2 aliphatic rings. The van der Waals surface area contributed by atoms with Crippen LogP contribution in [-0.4, -0.2) is 64.8 Å². The van der Waals surface area contributed by atoms with E-state index in [0.29, 0.717) is 17.4 Å². The number of nitrogens with one attached hydrogen (secondary N) is 1. The van der Waals surface area contributed by atoms with Gasteiger partial charge in [-0.15, -0.1) is 0 Å². The van der Waals surface area contributed by atoms with Crippen LogP contribution in [0.1, 0.15) is 33.6 Å². The zero-order chi connectivity index (χ0) is 24.5. The number of anilines is 1. The fourth-order valence-corrected chi connectivity index (χ4v) is 5.59. The average Bonchev–Trinajstić information content (AvgIpc) is 3.52. The van der Waals surface area contributed by atoms with Gasteiger partial charge in [-0.1, -0.05) is 35.4 Å². The summed E-state index contributed by atoms with van der Waals surface area (Å²) in [7, 11) is 0. The SMILES string of the molecule is Cc1ccc(-n2ncc(C(=O)N3CC4CN(CCCNc5ccc(C)c(Cl)c5)CC4C3)c2C)cc1. The zero-order valence-electron chi connectivity index (χ0n) is 20.8. The van der Waals surface area contributed by atoms with E-state index in [1.165, 1.54) is 5.56 Å². The normalized spacial score (nSPS) is 19.8. The van der Waals surface area contributed by atoms with Crippen molar-refractivity contribution >= 4 is 23.2 Å². The van der Waals surface area contributed by atoms with Gasteiger partial charge < -0.3 is 15.1 Å². The quantitative estimate of drug-likeness (QED) is 0.475. The van der Waals surface area contributed by atoms with Crippen LogP contribution >= 0.6 is 11.6 Å². The number of benzene rings is 2. The number of rotatable bonds is 7. The first-order valence-corrected chi connectivity index (χ1v) is 12.9. The highest BCUT2D eigenvalue weighted by molar-refractivity contribution is 6.31. The maximum Gasteiger partial charge on any atom is 0.257 e. The van der Waals surface area contributed by atoms with Crippen LogP contribution in [-0.2, 0) is 0 Å². The van der Waals surface area contributed by atoms with Crippen LogP contribution in [0.5, 0.6) is 0 Å². The van der Waals surface area contributed by atoms with Gasteiger partial charge in [0.25, 0.3) is 5.91 Å². The summed E-state index contributed by atoms with van der Waals surface area (Å²) < 4.78 is 1.86. The van der Waals surface area contributed by atoms with Crippen molar-refractivity contribution in [3.8, 4) is 5.69 Å². The van der Waals surface area contributed by atoms with Crippen molar-refractivity contribution < 1.29 is 4.79 Å². The number of aryl methyl sites for hydroxylation is 2. The molecule has 35 heavy (non-hydrogen) atoms. The minimum atomic E-state index is 0.114. The molecule has 0 aliphatic carbocycles. The van der Waals surface area contributed by atoms with E-state index >= 15 is 0 Å². The van der Waals surface area contributed by atoms with Gasteiger partial charge in [-0.3, -0.25) is 4.79 Å². The third-order valence-corrected chi connectivity index (χ3v) is 7.93. The van der Waals surface area contributed by atoms with Crippen LogP contribution in [0.4, 0.5) is 5.69 Å². The van der Waals surface area contributed by atoms with Gasteiger partial charge >= 0.3 is 0 Å². The first-order chi connectivity index (χ1) is 16.9. The van der Waals surface area contributed by atoms with E-state index in [9.17, 15) is 4.79 Å². The minimum Gasteiger partial charge on any atom is -0.385 e. The number of hydrogen-bond donors (Lipinski definition) is 1. The van der Waals surface area contributed by atoms with E-state index in [4.69, 9.17) is 11.6 Å². The first-order valence-electron chi connectivity index (χ1n) is 12.5. The molecular weight excluding hydrogens is 458 g/mol. The van der Waals surface area contributed by atoms with Gasteiger partial charge in [0.05, 0.1) is 23.1 Å². The molecule has 5 rings (SSSR count). The largest absolute Gasteiger partial charge is 0.385 e. The molecule has 0 spiro atoms. The second-order valence-corrected chi connectivity index (χ2v) is 10.5. The van der Waals surface area contributed by atoms with Crippen molar-refractivity contribution in [2.75, 3.05) is 44.6 Å². The smallest absolute Gasteiger partial charge is 0.257 e. The lowest BCUT2D eigenvalue weighted by Gasteiger charge is -2.21. The predicted octanol–water partition coefficient (Wildman–Crippen LogP) is 4.96. The van der Waals surface area contributed by atoms with Crippen molar-refractivity contribution in [3.05, 3.63) is 76.1 Å². The molecule has 2 aromatic carbocycles. The van der Waals surface area contributed by atoms with Gasteiger partial charge in [0.1, 0.15) is 0 Å². The fraction of sp³-hybridized carbons (Fsp3) is 0.429. The Hall–Kier alpha value is -2.83. The molecule has 3 heterocycles. The van der Waals surface area contributed by atoms with Crippen molar-refractivity contribution in [2.24, 2.45) is 11.8 Å². The number of likely N-dealkylation sites (tertiary alicyclic amines) is 2. The summed E-state index contributed by atoms with van der Waals surface area (Å²) in [6, 6.07) is 14.4. The number of amides is 1. The van der Waals surface area contributed by atoms with E-state index in [0.717, 1.165) is 73.3 Å². The molecule has 2 atom stereocenters. The molecule has 2 fully saturated rings. The Bertz CT molecular complexity index is 1190. The van der Waals surface area contributed by atoms with Gasteiger partial charge in [-0.25, -0.2) is 4.68 Å². The monoisotopic (exact) mass is 491 g/mol. The van der Waals surface area contributed by atoms with Crippen LogP contribution in [0.15, 0.2) is 48.7 Å². The Balaban J connectivity index is 1.10. The molecule has 7 heteroatoms. The standard InChI is InChI=1S/C28H34ClN5O/c1-19-5-9-25(10-6-19)34-21(3)26(14-31-34)28(35)33-17-22-15-32(16-23(22)18-33)12-4-11-30-24-8-7-20(2)27(29)13-24/h5-10,13-14,22-23,30H,4,11-12,15-18H2,1-3H3. The Morgan fingerprint density at radius 1 is 1.03 bits per heavy atom. The Morgan fingerprint density at radius 2 is 1.74 bits per heavy atom. The summed E-state index contributed by atoms with van der Waals surface area (Å²) in [4.78, 5) is 17.9. The lowest BCUT2D eigenvalue weighted by molar-refractivity contribution is 0.0773. The molecule has 2 unspecified atom stereocenters. The summed E-state index contributed by atoms with van der Waals surface area (Å²) in [6.07, 6.45) is 2.82. The maximum atomic E-state index is 13.3. The summed E-state index contributed by atoms with van der Waals surface area (Å²) in [5.41, 5.74) is 5.99. The van der Waals surface area contributed by atoms with Gasteiger partial charge in [-0.2, -0.15) is 5.10 Å². The first kappa shape index (κ1) is 23.9. The van der Waals surface area contributed by atoms with Crippen LogP contribution in [0, 0.1) is 32.6 Å². The number of carbonyl (C=O) groups is 1. The van der Waals surface area contributed by atoms with Crippen LogP contribution in [0.25, 0.3) is 5.69 Å². The van der Waals surface area contributed by atoms with E-state index in [-0.39, 0.29) is 5.91 Å². The van der Waals surface area contributed by atoms with Crippen molar-refractivity contribution in [1.29, 1.82) is 0 Å². The molecule has 1 N–H and O–H groups in total. The molecule has 6 nitrogen and oxygen atoms in total. The number of halogens is 1. The average molecular weight is 492 g/mol. The number of nitrogens with zero attached hydrogens (tertiary/aromatic N) is 4. The van der Waals surface area contributed by atoms with E-state index in [1.807, 2.05) is 47.7 Å². The maximum absolute atomic E-state index is 13.3. The van der Waals surface area contributed by atoms with Gasteiger partial charge in [0.2, 0.25) is 0 Å². The second-order valence-electron chi connectivity index (χ2n) is 10.1. The molecular formula is C28H34ClN5O. The number of hydrogen-bond acceptors (Lipinski definition) is 4. The summed E-state index contributed by atoms with van der Waals surface area (Å²) in [5.74, 6) is 1.24. The number of aromatic nitrogens is 2. The fourth-order valence-electron chi connectivity index (χ4n) is 5.41. The van der Waals surface area contributed by atoms with Crippen molar-refractivity contribution in [2.45, 2.75) is 27.2 Å². The highest BCUT2D eigenvalue weighted by Gasteiger charge is 2.41. The number of carbonyl (C=O) groups excluding carboxylic acids is 1. The van der Waals surface area contributed by atoms with Gasteiger partial charge in [0, 0.05) is 43.4 Å². The molecule has 184 valence electrons. The molecule has 3 aromatic rings. The Kier molecular flexibility index (Phi) is 6.85. The lowest BCUT2D eigenvalue weighted by atomic mass is 10.0. The topological polar surface area (TPSA) is 53.4 Å². The summed E-state index contributed by atoms with van der Waals surface area (Å²) in [6.45, 7) is 11.9. The van der Waals surface area contributed by atoms with E-state index in [1.54, 1.807) is 6.20 Å². The molecule has 0 bridgehead atoms. The van der Waals surface area contributed by atoms with Crippen LogP contribution in [0.2, 0.25) is 5.02 Å². The van der Waals surface area contributed by atoms with Crippen LogP contribution < -0.4 is 5.32 Å². The summed E-state index contributed by atoms with van der Waals surface area (Å²) in [5, 5.41) is 8.79. The lowest BCUT2D eigenvalue weighted by Crippen LogP contribution is -2.34. The van der Waals surface area contributed by atoms with Crippen LogP contribution in [0.3, 0.4) is 0 Å². The van der Waals surface area contributed by atoms with Crippen molar-refractivity contribution in [1.82, 2.24) is 19.6 Å². The highest BCUT2D eigenvalue weighted by Crippen LogP contribution is 2.32. The number of fused-ring (bicyclic) bond motifs is 1. The molecule has 2 saturated heterocycles. The summed E-state index contributed by atoms with van der Waals surface area (Å²) >= 11 is 6.22. The Morgan fingerprint density at radius 3 is 2.43 bits per heavy atom. The highest BCUT2D eigenvalue weighted by atomic mass is 35.5. The van der Waals surface area contributed by atoms with Gasteiger partial charge in [0.15, 0.2) is 0 Å².